The fraction of sp³-hybridized carbons (Fsp3) is 0.412. The van der Waals surface area contributed by atoms with E-state index in [1.54, 1.807) is 0 Å². The molecule has 2 aromatic carbocycles. The second-order valence-corrected chi connectivity index (χ2v) is 11.7. The number of benzene rings is 2. The Hall–Kier alpha value is -6.88. The quantitative estimate of drug-likeness (QED) is 0.0616. The molecule has 61 heavy (non-hydrogen) atoms. The molecule has 344 valence electrons. The van der Waals surface area contributed by atoms with E-state index in [4.69, 9.17) is 80.4 Å². The summed E-state index contributed by atoms with van der Waals surface area (Å²) in [4.78, 5) is 99.7. The van der Waals surface area contributed by atoms with Crippen molar-refractivity contribution in [2.45, 2.75) is 75.2 Å². The number of carboxylic acids is 9. The molecule has 24 N–H and O–H groups in total. The van der Waals surface area contributed by atoms with E-state index >= 15 is 0 Å². The molecule has 0 bridgehead atoms. The average molecular weight is 879 g/mol. The highest BCUT2D eigenvalue weighted by molar-refractivity contribution is 5.97. The van der Waals surface area contributed by atoms with Crippen molar-refractivity contribution in [3.05, 3.63) is 42.5 Å². The minimum absolute atomic E-state index is 0.141. The molecule has 1 amide bonds. The topological polar surface area (TPSA) is 547 Å². The molecule has 0 aromatic heterocycles. The van der Waals surface area contributed by atoms with E-state index < -0.39 is 110 Å². The monoisotopic (exact) mass is 878 g/mol. The van der Waals surface area contributed by atoms with Gasteiger partial charge in [0.2, 0.25) is 5.91 Å². The van der Waals surface area contributed by atoms with Gasteiger partial charge in [-0.1, -0.05) is 36.8 Å². The van der Waals surface area contributed by atoms with Crippen LogP contribution < -0.4 is 45.5 Å². The Morgan fingerprint density at radius 3 is 1.05 bits per heavy atom. The molecule has 0 fully saturated rings. The van der Waals surface area contributed by atoms with Gasteiger partial charge in [0.15, 0.2) is 0 Å². The molecule has 0 aliphatic rings. The largest absolute Gasteiger partial charge is 0.481 e. The third-order valence-electron chi connectivity index (χ3n) is 6.34. The van der Waals surface area contributed by atoms with E-state index in [1.165, 1.54) is 0 Å². The summed E-state index contributed by atoms with van der Waals surface area (Å²) in [7, 11) is 0. The van der Waals surface area contributed by atoms with Gasteiger partial charge in [-0.3, -0.25) is 47.9 Å². The number of hydrogen-bond donors (Lipinski definition) is 17. The number of nitrogens with two attached hydrogens (primary N) is 7. The van der Waals surface area contributed by atoms with Gasteiger partial charge in [0.05, 0.1) is 38.3 Å². The third kappa shape index (κ3) is 38.4. The second kappa shape index (κ2) is 35.1. The summed E-state index contributed by atoms with van der Waals surface area (Å²) in [6.07, 6.45) is 0.311. The Kier molecular flexibility index (Phi) is 35.0. The van der Waals surface area contributed by atoms with Crippen molar-refractivity contribution < 1.29 is 93.9 Å². The summed E-state index contributed by atoms with van der Waals surface area (Å²) < 4.78 is 0. The molecule has 27 nitrogen and oxygen atoms in total. The Labute approximate surface area is 346 Å². The smallest absolute Gasteiger partial charge is 0.321 e. The van der Waals surface area contributed by atoms with Crippen LogP contribution in [0, 0.1) is 0 Å². The van der Waals surface area contributed by atoms with Crippen LogP contribution in [0.2, 0.25) is 0 Å². The van der Waals surface area contributed by atoms with Crippen LogP contribution in [0.4, 0.5) is 5.69 Å². The predicted octanol–water partition coefficient (Wildman–Crippen LogP) is -3.24. The molecule has 27 heteroatoms. The Balaban J connectivity index is -0.000000342. The van der Waals surface area contributed by atoms with Gasteiger partial charge in [0, 0.05) is 5.69 Å². The van der Waals surface area contributed by atoms with Crippen LogP contribution in [0.5, 0.6) is 0 Å². The molecule has 0 saturated heterocycles. The van der Waals surface area contributed by atoms with Gasteiger partial charge in [-0.15, -0.1) is 0 Å². The van der Waals surface area contributed by atoms with Gasteiger partial charge in [-0.25, -0.2) is 0 Å². The minimum atomic E-state index is -1.29. The normalized spacial score (nSPS) is 12.0. The molecule has 2 rings (SSSR count). The summed E-state index contributed by atoms with van der Waals surface area (Å²) in [5.74, 6) is -11.1. The molecule has 0 saturated carbocycles. The highest BCUT2D eigenvalue weighted by atomic mass is 16.4. The maximum atomic E-state index is 12.0. The number of nitrogens with one attached hydrogen (secondary N) is 1. The van der Waals surface area contributed by atoms with Crippen LogP contribution in [0.3, 0.4) is 0 Å². The van der Waals surface area contributed by atoms with Crippen molar-refractivity contribution in [1.29, 1.82) is 0 Å². The van der Waals surface area contributed by atoms with Crippen LogP contribution in [-0.4, -0.2) is 149 Å². The lowest BCUT2D eigenvalue weighted by Crippen LogP contribution is -2.35. The lowest BCUT2D eigenvalue weighted by atomic mass is 10.1. The van der Waals surface area contributed by atoms with Gasteiger partial charge in [-0.2, -0.15) is 0 Å². The van der Waals surface area contributed by atoms with Crippen molar-refractivity contribution >= 4 is 76.1 Å². The number of hydrogen-bond acceptors (Lipinski definition) is 17. The van der Waals surface area contributed by atoms with Crippen LogP contribution in [-0.2, 0) is 47.9 Å². The Morgan fingerprint density at radius 1 is 0.459 bits per heavy atom. The third-order valence-corrected chi connectivity index (χ3v) is 6.34. The maximum absolute atomic E-state index is 12.0. The molecule has 2 aromatic rings. The van der Waals surface area contributed by atoms with Crippen molar-refractivity contribution in [3.63, 3.8) is 0 Å². The van der Waals surface area contributed by atoms with Gasteiger partial charge < -0.3 is 91.4 Å². The number of carboxylic acid groups (broad SMARTS) is 9. The fourth-order valence-electron chi connectivity index (χ4n) is 3.24. The van der Waals surface area contributed by atoms with Crippen molar-refractivity contribution in [2.24, 2.45) is 40.1 Å². The maximum Gasteiger partial charge on any atom is 0.321 e. The summed E-state index contributed by atoms with van der Waals surface area (Å²) in [5, 5.41) is 76.8. The lowest BCUT2D eigenvalue weighted by molar-refractivity contribution is -0.144. The van der Waals surface area contributed by atoms with Crippen LogP contribution in [0.15, 0.2) is 42.5 Å². The molecule has 5 atom stereocenters. The van der Waals surface area contributed by atoms with Gasteiger partial charge >= 0.3 is 53.7 Å². The van der Waals surface area contributed by atoms with Crippen LogP contribution >= 0.6 is 0 Å². The molecule has 0 aliphatic heterocycles. The van der Waals surface area contributed by atoms with E-state index in [0.29, 0.717) is 13.0 Å². The number of unbranched alkanes of at least 4 members (excludes halogenated alkanes) is 1. The van der Waals surface area contributed by atoms with E-state index in [-0.39, 0.29) is 12.5 Å². The van der Waals surface area contributed by atoms with Gasteiger partial charge in [0.1, 0.15) is 24.2 Å². The number of amides is 1. The first kappa shape index (κ1) is 60.8. The summed E-state index contributed by atoms with van der Waals surface area (Å²) in [5.41, 5.74) is 36.0. The molecule has 0 unspecified atom stereocenters. The van der Waals surface area contributed by atoms with Crippen LogP contribution in [0.25, 0.3) is 10.8 Å². The van der Waals surface area contributed by atoms with E-state index in [2.05, 4.69) is 11.1 Å². The van der Waals surface area contributed by atoms with Gasteiger partial charge in [0.25, 0.3) is 0 Å². The second-order valence-electron chi connectivity index (χ2n) is 11.7. The van der Waals surface area contributed by atoms with Gasteiger partial charge in [-0.05, 0) is 42.3 Å². The Bertz CT molecular complexity index is 1600. The van der Waals surface area contributed by atoms with Crippen molar-refractivity contribution in [3.8, 4) is 0 Å². The zero-order valence-electron chi connectivity index (χ0n) is 32.4. The average Bonchev–Trinajstić information content (AvgIpc) is 3.14. The number of rotatable bonds is 19. The zero-order valence-corrected chi connectivity index (χ0v) is 32.4. The molecular weight excluding hydrogens is 824 g/mol. The Morgan fingerprint density at radius 2 is 0.787 bits per heavy atom. The number of aliphatic carboxylic acids is 9. The first-order valence-electron chi connectivity index (χ1n) is 17.1. The zero-order chi connectivity index (χ0) is 48.4. The number of fused-ring (bicyclic) bond motifs is 1. The number of carbonyl (C=O) groups is 10. The summed E-state index contributed by atoms with van der Waals surface area (Å²) in [6, 6.07) is 8.24. The van der Waals surface area contributed by atoms with E-state index in [1.807, 2.05) is 42.5 Å². The summed E-state index contributed by atoms with van der Waals surface area (Å²) >= 11 is 0. The SMILES string of the molecule is NCC(=O)O.NCCCC[C@H](N)C(=O)Nc1ccc2ccccc2c1.N[C@@H](CC(=O)O)C(=O)O.N[C@@H](CC(=O)O)C(=O)O.N[C@@H](CC(=O)O)C(=O)O.N[C@@H](CC(=O)O)C(=O)O. The van der Waals surface area contributed by atoms with Crippen molar-refractivity contribution in [2.75, 3.05) is 18.4 Å². The van der Waals surface area contributed by atoms with E-state index in [0.717, 1.165) is 29.3 Å². The minimum Gasteiger partial charge on any atom is -0.481 e. The molecule has 0 aliphatic carbocycles. The number of carbonyl (C=O) groups excluding carboxylic acids is 1. The molecular formula is C34H54N8O19. The highest BCUT2D eigenvalue weighted by Crippen LogP contribution is 2.19. The highest BCUT2D eigenvalue weighted by Gasteiger charge is 2.17. The molecule has 0 heterocycles. The first-order chi connectivity index (χ1) is 28.1. The first-order valence-corrected chi connectivity index (χ1v) is 17.1. The molecule has 0 radical (unpaired) electrons. The molecule has 0 spiro atoms. The van der Waals surface area contributed by atoms with Crippen LogP contribution in [0.1, 0.15) is 44.9 Å². The summed E-state index contributed by atoms with van der Waals surface area (Å²) in [6.45, 7) is 0.360. The van der Waals surface area contributed by atoms with Crippen molar-refractivity contribution in [1.82, 2.24) is 0 Å². The lowest BCUT2D eigenvalue weighted by Gasteiger charge is -2.12. The van der Waals surface area contributed by atoms with E-state index in [9.17, 15) is 47.9 Å². The standard InChI is InChI=1S/C16H21N3O.4C4H7NO4.C2H5NO2/c17-10-4-3-7-15(18)16(20)19-14-9-8-12-5-1-2-6-13(12)11-14;4*5-2(4(8)9)1-3(6)7;3-1-2(4)5/h1-2,5-6,8-9,11,15H,3-4,7,10,17-18H2,(H,19,20);4*2H,1,5H2,(H,6,7)(H,8,9);1,3H2,(H,4,5)/t15-;4*2-;/m00000./s1. The number of anilines is 1. The predicted molar refractivity (Wildman–Crippen MR) is 212 cm³/mol. The fourth-order valence-corrected chi connectivity index (χ4v) is 3.24.